The fourth-order valence-electron chi connectivity index (χ4n) is 3.49. The molecular formula is C21H26N2O4. The number of aliphatic hydroxyl groups excluding tert-OH is 1. The van der Waals surface area contributed by atoms with Gasteiger partial charge in [0.1, 0.15) is 11.5 Å². The molecule has 0 fully saturated rings. The minimum Gasteiger partial charge on any atom is -0.508 e. The van der Waals surface area contributed by atoms with Crippen molar-refractivity contribution in [1.29, 1.82) is 0 Å². The fraction of sp³-hybridized carbons (Fsp3) is 0.381. The van der Waals surface area contributed by atoms with Crippen molar-refractivity contribution >= 4 is 11.6 Å². The second-order valence-corrected chi connectivity index (χ2v) is 7.73. The first-order valence-corrected chi connectivity index (χ1v) is 9.10. The van der Waals surface area contributed by atoms with E-state index in [0.29, 0.717) is 30.6 Å². The van der Waals surface area contributed by atoms with Crippen LogP contribution in [0.1, 0.15) is 43.1 Å². The zero-order chi connectivity index (χ0) is 19.6. The van der Waals surface area contributed by atoms with E-state index in [9.17, 15) is 20.1 Å². The van der Waals surface area contributed by atoms with Crippen molar-refractivity contribution in [2.45, 2.75) is 44.8 Å². The highest BCUT2D eigenvalue weighted by atomic mass is 16.3. The van der Waals surface area contributed by atoms with Gasteiger partial charge in [-0.1, -0.05) is 12.1 Å². The lowest BCUT2D eigenvalue weighted by atomic mass is 9.92. The van der Waals surface area contributed by atoms with Gasteiger partial charge in [-0.3, -0.25) is 4.79 Å². The Hall–Kier alpha value is -2.57. The smallest absolute Gasteiger partial charge is 0.224 e. The number of anilines is 1. The number of hydrogen-bond donors (Lipinski definition) is 5. The van der Waals surface area contributed by atoms with E-state index >= 15 is 0 Å². The van der Waals surface area contributed by atoms with Gasteiger partial charge in [0.15, 0.2) is 0 Å². The molecule has 1 aliphatic heterocycles. The van der Waals surface area contributed by atoms with Crippen LogP contribution in [0.3, 0.4) is 0 Å². The molecule has 0 aromatic heterocycles. The molecule has 0 aliphatic carbocycles. The summed E-state index contributed by atoms with van der Waals surface area (Å²) in [5, 5.41) is 36.2. The molecule has 0 saturated carbocycles. The van der Waals surface area contributed by atoms with Crippen LogP contribution >= 0.6 is 0 Å². The third kappa shape index (κ3) is 4.78. The molecule has 0 radical (unpaired) electrons. The monoisotopic (exact) mass is 370 g/mol. The largest absolute Gasteiger partial charge is 0.508 e. The zero-order valence-electron chi connectivity index (χ0n) is 15.6. The van der Waals surface area contributed by atoms with Gasteiger partial charge in [-0.25, -0.2) is 0 Å². The van der Waals surface area contributed by atoms with E-state index in [1.165, 1.54) is 6.07 Å². The number of phenolic OH excluding ortho intramolecular Hbond substituents is 2. The second kappa shape index (κ2) is 7.58. The van der Waals surface area contributed by atoms with E-state index in [1.807, 2.05) is 26.0 Å². The molecule has 2 aromatic carbocycles. The SMILES string of the molecule is CC(C)(Cc1ccc(O)cc1)NCC(O)c1cc(O)cc2c1CCC(=O)N2. The molecular weight excluding hydrogens is 344 g/mol. The van der Waals surface area contributed by atoms with Gasteiger partial charge in [0.25, 0.3) is 0 Å². The van der Waals surface area contributed by atoms with Gasteiger partial charge in [-0.2, -0.15) is 0 Å². The minimum absolute atomic E-state index is 0.0216. The molecule has 3 rings (SSSR count). The summed E-state index contributed by atoms with van der Waals surface area (Å²) in [5.41, 5.74) is 2.89. The Morgan fingerprint density at radius 1 is 1.11 bits per heavy atom. The van der Waals surface area contributed by atoms with E-state index in [1.54, 1.807) is 18.2 Å². The number of hydrogen-bond acceptors (Lipinski definition) is 5. The Morgan fingerprint density at radius 3 is 2.52 bits per heavy atom. The maximum Gasteiger partial charge on any atom is 0.224 e. The van der Waals surface area contributed by atoms with Crippen molar-refractivity contribution in [3.8, 4) is 11.5 Å². The van der Waals surface area contributed by atoms with E-state index in [2.05, 4.69) is 10.6 Å². The summed E-state index contributed by atoms with van der Waals surface area (Å²) < 4.78 is 0. The average Bonchev–Trinajstić information content (AvgIpc) is 2.60. The summed E-state index contributed by atoms with van der Waals surface area (Å²) in [4.78, 5) is 11.6. The average molecular weight is 370 g/mol. The molecule has 144 valence electrons. The van der Waals surface area contributed by atoms with Crippen molar-refractivity contribution in [2.75, 3.05) is 11.9 Å². The van der Waals surface area contributed by atoms with Crippen LogP contribution in [0.4, 0.5) is 5.69 Å². The highest BCUT2D eigenvalue weighted by molar-refractivity contribution is 5.94. The molecule has 5 N–H and O–H groups in total. The number of rotatable bonds is 6. The van der Waals surface area contributed by atoms with Gasteiger partial charge in [-0.05, 0) is 61.6 Å². The maximum absolute atomic E-state index is 11.6. The van der Waals surface area contributed by atoms with Crippen LogP contribution in [0.15, 0.2) is 36.4 Å². The van der Waals surface area contributed by atoms with Crippen molar-refractivity contribution in [3.05, 3.63) is 53.1 Å². The van der Waals surface area contributed by atoms with E-state index < -0.39 is 6.10 Å². The molecule has 0 saturated heterocycles. The number of fused-ring (bicyclic) bond motifs is 1. The number of nitrogens with one attached hydrogen (secondary N) is 2. The summed E-state index contributed by atoms with van der Waals surface area (Å²) in [6.45, 7) is 4.41. The number of benzene rings is 2. The molecule has 0 spiro atoms. The second-order valence-electron chi connectivity index (χ2n) is 7.73. The molecule has 0 bridgehead atoms. The normalized spacial score (nSPS) is 15.1. The maximum atomic E-state index is 11.6. The third-order valence-electron chi connectivity index (χ3n) is 4.86. The molecule has 27 heavy (non-hydrogen) atoms. The predicted octanol–water partition coefficient (Wildman–Crippen LogP) is 2.63. The zero-order valence-corrected chi connectivity index (χ0v) is 15.6. The van der Waals surface area contributed by atoms with Crippen molar-refractivity contribution < 1.29 is 20.1 Å². The third-order valence-corrected chi connectivity index (χ3v) is 4.86. The summed E-state index contributed by atoms with van der Waals surface area (Å²) >= 11 is 0. The number of β-amino-alcohol motifs (C(OH)–C–C–N with tert-alkyl or cyclic N) is 1. The van der Waals surface area contributed by atoms with Gasteiger partial charge in [0.05, 0.1) is 6.10 Å². The number of aliphatic hydroxyl groups is 1. The molecule has 1 atom stereocenters. The molecule has 6 heteroatoms. The Bertz CT molecular complexity index is 831. The Kier molecular flexibility index (Phi) is 5.39. The van der Waals surface area contributed by atoms with Crippen molar-refractivity contribution in [1.82, 2.24) is 5.32 Å². The Labute approximate surface area is 158 Å². The summed E-state index contributed by atoms with van der Waals surface area (Å²) in [7, 11) is 0. The lowest BCUT2D eigenvalue weighted by Gasteiger charge is -2.29. The van der Waals surface area contributed by atoms with Crippen LogP contribution in [0.2, 0.25) is 0 Å². The summed E-state index contributed by atoms with van der Waals surface area (Å²) in [5.74, 6) is 0.177. The first-order valence-electron chi connectivity index (χ1n) is 9.10. The molecule has 6 nitrogen and oxygen atoms in total. The van der Waals surface area contributed by atoms with Crippen molar-refractivity contribution in [3.63, 3.8) is 0 Å². The Balaban J connectivity index is 1.69. The molecule has 1 aliphatic rings. The molecule has 2 aromatic rings. The summed E-state index contributed by atoms with van der Waals surface area (Å²) in [6.07, 6.45) is 0.843. The van der Waals surface area contributed by atoms with E-state index in [4.69, 9.17) is 0 Å². The lowest BCUT2D eigenvalue weighted by Crippen LogP contribution is -2.43. The quantitative estimate of drug-likeness (QED) is 0.538. The van der Waals surface area contributed by atoms with Gasteiger partial charge in [0, 0.05) is 30.3 Å². The molecule has 1 unspecified atom stereocenters. The lowest BCUT2D eigenvalue weighted by molar-refractivity contribution is -0.116. The van der Waals surface area contributed by atoms with E-state index in [0.717, 1.165) is 17.5 Å². The topological polar surface area (TPSA) is 102 Å². The summed E-state index contributed by atoms with van der Waals surface area (Å²) in [6, 6.07) is 10.2. The minimum atomic E-state index is -0.806. The highest BCUT2D eigenvalue weighted by Crippen LogP contribution is 2.34. The number of amides is 1. The van der Waals surface area contributed by atoms with Crippen LogP contribution in [-0.4, -0.2) is 33.3 Å². The number of carbonyl (C=O) groups is 1. The number of aromatic hydroxyl groups is 2. The van der Waals surface area contributed by atoms with Crippen molar-refractivity contribution in [2.24, 2.45) is 0 Å². The van der Waals surface area contributed by atoms with Crippen LogP contribution < -0.4 is 10.6 Å². The predicted molar refractivity (Wildman–Crippen MR) is 104 cm³/mol. The van der Waals surface area contributed by atoms with Crippen LogP contribution in [-0.2, 0) is 17.6 Å². The van der Waals surface area contributed by atoms with Gasteiger partial charge in [0.2, 0.25) is 5.91 Å². The van der Waals surface area contributed by atoms with Gasteiger partial charge in [-0.15, -0.1) is 0 Å². The number of phenols is 2. The number of carbonyl (C=O) groups excluding carboxylic acids is 1. The van der Waals surface area contributed by atoms with Crippen LogP contribution in [0.25, 0.3) is 0 Å². The first kappa shape index (κ1) is 19.2. The van der Waals surface area contributed by atoms with Gasteiger partial charge >= 0.3 is 0 Å². The highest BCUT2D eigenvalue weighted by Gasteiger charge is 2.25. The Morgan fingerprint density at radius 2 is 1.81 bits per heavy atom. The molecule has 1 heterocycles. The fourth-order valence-corrected chi connectivity index (χ4v) is 3.49. The van der Waals surface area contributed by atoms with E-state index in [-0.39, 0.29) is 22.9 Å². The van der Waals surface area contributed by atoms with Crippen LogP contribution in [0.5, 0.6) is 11.5 Å². The van der Waals surface area contributed by atoms with Gasteiger partial charge < -0.3 is 26.0 Å². The first-order chi connectivity index (χ1) is 12.7. The standard InChI is InChI=1S/C21H26N2O4/c1-21(2,11-13-3-5-14(24)6-4-13)22-12-19(26)17-9-15(25)10-18-16(17)7-8-20(27)23-18/h3-6,9-10,19,22,24-26H,7-8,11-12H2,1-2H3,(H,23,27). The molecule has 1 amide bonds. The van der Waals surface area contributed by atoms with Crippen LogP contribution in [0, 0.1) is 0 Å².